The van der Waals surface area contributed by atoms with Crippen LogP contribution in [0.3, 0.4) is 0 Å². The minimum Gasteiger partial charge on any atom is -0.460 e. The summed E-state index contributed by atoms with van der Waals surface area (Å²) < 4.78 is 5.01. The van der Waals surface area contributed by atoms with Gasteiger partial charge < -0.3 is 9.84 Å². The highest BCUT2D eigenvalue weighted by atomic mass is 16.5. The Labute approximate surface area is 131 Å². The van der Waals surface area contributed by atoms with Gasteiger partial charge in [0.15, 0.2) is 0 Å². The van der Waals surface area contributed by atoms with Crippen LogP contribution in [0.15, 0.2) is 0 Å². The van der Waals surface area contributed by atoms with E-state index in [2.05, 4.69) is 6.92 Å². The van der Waals surface area contributed by atoms with Crippen LogP contribution in [0.25, 0.3) is 0 Å². The Bertz CT molecular complexity index is 229. The number of hydrogen-bond donors (Lipinski definition) is 1. The van der Waals surface area contributed by atoms with E-state index in [1.807, 2.05) is 0 Å². The van der Waals surface area contributed by atoms with E-state index in [4.69, 9.17) is 9.84 Å². The zero-order valence-corrected chi connectivity index (χ0v) is 14.2. The number of aliphatic hydroxyl groups is 1. The van der Waals surface area contributed by atoms with Crippen LogP contribution in [-0.2, 0) is 9.53 Å². The first-order chi connectivity index (χ1) is 10.2. The van der Waals surface area contributed by atoms with Crippen molar-refractivity contribution in [3.8, 4) is 0 Å². The van der Waals surface area contributed by atoms with Crippen LogP contribution in [0, 0.1) is 0 Å². The molecule has 0 aromatic carbocycles. The lowest BCUT2D eigenvalue weighted by molar-refractivity contribution is -0.148. The molecule has 3 heteroatoms. The molecule has 0 spiro atoms. The molecule has 0 aromatic heterocycles. The van der Waals surface area contributed by atoms with Gasteiger partial charge in [-0.3, -0.25) is 4.79 Å². The molecule has 0 rings (SSSR count). The van der Waals surface area contributed by atoms with E-state index in [0.29, 0.717) is 0 Å². The van der Waals surface area contributed by atoms with Crippen molar-refractivity contribution in [2.24, 2.45) is 0 Å². The van der Waals surface area contributed by atoms with Crippen molar-refractivity contribution in [3.63, 3.8) is 0 Å². The highest BCUT2D eigenvalue weighted by Crippen LogP contribution is 2.13. The minimum absolute atomic E-state index is 0.0579. The molecule has 0 aromatic rings. The Morgan fingerprint density at radius 2 is 1.29 bits per heavy atom. The molecule has 0 bridgehead atoms. The molecule has 0 amide bonds. The fraction of sp³-hybridized carbons (Fsp3) is 0.944. The average Bonchev–Trinajstić information content (AvgIpc) is 2.46. The van der Waals surface area contributed by atoms with Crippen LogP contribution in [0.5, 0.6) is 0 Å². The van der Waals surface area contributed by atoms with Crippen LogP contribution < -0.4 is 0 Å². The van der Waals surface area contributed by atoms with Gasteiger partial charge in [0.2, 0.25) is 0 Å². The van der Waals surface area contributed by atoms with Gasteiger partial charge in [-0.05, 0) is 12.8 Å². The molecule has 126 valence electrons. The highest BCUT2D eigenvalue weighted by Gasteiger charge is 2.09. The number of ether oxygens (including phenoxy) is 1. The summed E-state index contributed by atoms with van der Waals surface area (Å²) in [6, 6.07) is 0. The first-order valence-electron chi connectivity index (χ1n) is 8.98. The van der Waals surface area contributed by atoms with Gasteiger partial charge >= 0.3 is 5.97 Å². The molecule has 1 atom stereocenters. The monoisotopic (exact) mass is 300 g/mol. The van der Waals surface area contributed by atoms with Crippen LogP contribution in [0.1, 0.15) is 97.3 Å². The smallest absolute Gasteiger partial charge is 0.302 e. The number of carbonyl (C=O) groups excluding carboxylic acids is 1. The van der Waals surface area contributed by atoms with Crippen molar-refractivity contribution < 1.29 is 14.6 Å². The van der Waals surface area contributed by atoms with Crippen LogP contribution in [-0.4, -0.2) is 23.8 Å². The number of aliphatic hydroxyl groups excluding tert-OH is 1. The molecule has 21 heavy (non-hydrogen) atoms. The first-order valence-corrected chi connectivity index (χ1v) is 8.98. The summed E-state index contributed by atoms with van der Waals surface area (Å²) in [5, 5.41) is 9.07. The van der Waals surface area contributed by atoms with Gasteiger partial charge in [-0.2, -0.15) is 0 Å². The Morgan fingerprint density at radius 1 is 0.857 bits per heavy atom. The van der Waals surface area contributed by atoms with E-state index < -0.39 is 0 Å². The quantitative estimate of drug-likeness (QED) is 0.342. The first kappa shape index (κ1) is 20.4. The normalized spacial score (nSPS) is 12.3. The molecule has 0 aliphatic heterocycles. The SMILES string of the molecule is CCCCCCCCCCCCCC[C@@H](CO)OC(C)=O. The number of carbonyl (C=O) groups is 1. The number of esters is 1. The van der Waals surface area contributed by atoms with E-state index in [0.717, 1.165) is 12.8 Å². The van der Waals surface area contributed by atoms with E-state index >= 15 is 0 Å². The summed E-state index contributed by atoms with van der Waals surface area (Å²) in [5.41, 5.74) is 0. The molecule has 1 N–H and O–H groups in total. The van der Waals surface area contributed by atoms with E-state index in [1.165, 1.54) is 77.6 Å². The largest absolute Gasteiger partial charge is 0.460 e. The maximum Gasteiger partial charge on any atom is 0.302 e. The summed E-state index contributed by atoms with van der Waals surface area (Å²) in [4.78, 5) is 10.8. The van der Waals surface area contributed by atoms with Gasteiger partial charge in [-0.25, -0.2) is 0 Å². The van der Waals surface area contributed by atoms with Crippen LogP contribution in [0.4, 0.5) is 0 Å². The van der Waals surface area contributed by atoms with Crippen molar-refractivity contribution in [1.29, 1.82) is 0 Å². The van der Waals surface area contributed by atoms with Crippen molar-refractivity contribution in [2.45, 2.75) is 103 Å². The third-order valence-electron chi connectivity index (χ3n) is 3.92. The van der Waals surface area contributed by atoms with Gasteiger partial charge in [0.05, 0.1) is 6.61 Å². The van der Waals surface area contributed by atoms with E-state index in [1.54, 1.807) is 0 Å². The van der Waals surface area contributed by atoms with Gasteiger partial charge in [0, 0.05) is 6.92 Å². The fourth-order valence-corrected chi connectivity index (χ4v) is 2.64. The second-order valence-electron chi connectivity index (χ2n) is 6.09. The fourth-order valence-electron chi connectivity index (χ4n) is 2.64. The Hall–Kier alpha value is -0.570. The molecule has 0 aliphatic rings. The van der Waals surface area contributed by atoms with Crippen molar-refractivity contribution in [2.75, 3.05) is 6.61 Å². The minimum atomic E-state index is -0.300. The molecule has 0 saturated carbocycles. The standard InChI is InChI=1S/C18H36O3/c1-3-4-5-6-7-8-9-10-11-12-13-14-15-18(16-19)21-17(2)20/h18-19H,3-16H2,1-2H3/t18-/m0/s1. The molecule has 0 radical (unpaired) electrons. The highest BCUT2D eigenvalue weighted by molar-refractivity contribution is 5.66. The number of hydrogen-bond acceptors (Lipinski definition) is 3. The zero-order valence-electron chi connectivity index (χ0n) is 14.2. The molecule has 0 saturated heterocycles. The Balaban J connectivity index is 3.19. The Kier molecular flexibility index (Phi) is 15.4. The Morgan fingerprint density at radius 3 is 1.67 bits per heavy atom. The van der Waals surface area contributed by atoms with Gasteiger partial charge in [0.1, 0.15) is 6.10 Å². The lowest BCUT2D eigenvalue weighted by Gasteiger charge is -2.13. The van der Waals surface area contributed by atoms with Gasteiger partial charge in [-0.1, -0.05) is 77.6 Å². The van der Waals surface area contributed by atoms with Crippen molar-refractivity contribution in [1.82, 2.24) is 0 Å². The lowest BCUT2D eigenvalue weighted by atomic mass is 10.0. The maximum atomic E-state index is 10.8. The maximum absolute atomic E-state index is 10.8. The zero-order chi connectivity index (χ0) is 15.8. The predicted molar refractivity (Wildman–Crippen MR) is 88.3 cm³/mol. The number of rotatable bonds is 15. The van der Waals surface area contributed by atoms with E-state index in [-0.39, 0.29) is 18.7 Å². The summed E-state index contributed by atoms with van der Waals surface area (Å²) >= 11 is 0. The number of unbranched alkanes of at least 4 members (excludes halogenated alkanes) is 11. The predicted octanol–water partition coefficient (Wildman–Crippen LogP) is 5.00. The summed E-state index contributed by atoms with van der Waals surface area (Å²) in [5.74, 6) is -0.298. The molecule has 0 fully saturated rings. The van der Waals surface area contributed by atoms with Gasteiger partial charge in [0.25, 0.3) is 0 Å². The molecular formula is C18H36O3. The summed E-state index contributed by atoms with van der Waals surface area (Å²) in [6.45, 7) is 3.59. The summed E-state index contributed by atoms with van der Waals surface area (Å²) in [6.07, 6.45) is 16.3. The van der Waals surface area contributed by atoms with Crippen LogP contribution in [0.2, 0.25) is 0 Å². The van der Waals surface area contributed by atoms with Crippen molar-refractivity contribution in [3.05, 3.63) is 0 Å². The van der Waals surface area contributed by atoms with Gasteiger partial charge in [-0.15, -0.1) is 0 Å². The second-order valence-corrected chi connectivity index (χ2v) is 6.09. The third-order valence-corrected chi connectivity index (χ3v) is 3.92. The summed E-state index contributed by atoms with van der Waals surface area (Å²) in [7, 11) is 0. The third kappa shape index (κ3) is 15.6. The molecule has 0 unspecified atom stereocenters. The topological polar surface area (TPSA) is 46.5 Å². The van der Waals surface area contributed by atoms with E-state index in [9.17, 15) is 4.79 Å². The molecule has 0 heterocycles. The molecular weight excluding hydrogens is 264 g/mol. The van der Waals surface area contributed by atoms with Crippen LogP contribution >= 0.6 is 0 Å². The van der Waals surface area contributed by atoms with Crippen molar-refractivity contribution >= 4 is 5.97 Å². The lowest BCUT2D eigenvalue weighted by Crippen LogP contribution is -2.20. The molecule has 3 nitrogen and oxygen atoms in total. The second kappa shape index (κ2) is 15.8. The average molecular weight is 300 g/mol. The molecule has 0 aliphatic carbocycles.